The average molecular weight is 664 g/mol. The zero-order valence-corrected chi connectivity index (χ0v) is 26.9. The number of aliphatic hydroxyl groups is 1. The summed E-state index contributed by atoms with van der Waals surface area (Å²) in [6.07, 6.45) is 5.55. The number of halogens is 1. The molecule has 2 fully saturated rings. The topological polar surface area (TPSA) is 135 Å². The lowest BCUT2D eigenvalue weighted by molar-refractivity contribution is -0.162. The summed E-state index contributed by atoms with van der Waals surface area (Å²) in [5, 5.41) is 13.7. The lowest BCUT2D eigenvalue weighted by Crippen LogP contribution is -2.57. The number of methoxy groups -OCH3 is 1. The van der Waals surface area contributed by atoms with Crippen molar-refractivity contribution in [3.63, 3.8) is 0 Å². The van der Waals surface area contributed by atoms with Crippen LogP contribution in [-0.2, 0) is 33.4 Å². The van der Waals surface area contributed by atoms with Crippen LogP contribution in [0.5, 0.6) is 0 Å². The van der Waals surface area contributed by atoms with Crippen LogP contribution in [0.1, 0.15) is 31.4 Å². The summed E-state index contributed by atoms with van der Waals surface area (Å²) in [4.78, 5) is 59.4. The second kappa shape index (κ2) is 13.6. The number of esters is 1. The van der Waals surface area contributed by atoms with Gasteiger partial charge in [-0.3, -0.25) is 19.2 Å². The Hall–Kier alpha value is -4.03. The van der Waals surface area contributed by atoms with Crippen molar-refractivity contribution in [2.24, 2.45) is 11.8 Å². The highest BCUT2D eigenvalue weighted by atomic mass is 35.5. The Kier molecular flexibility index (Phi) is 9.52. The van der Waals surface area contributed by atoms with Crippen LogP contribution >= 0.6 is 11.6 Å². The molecule has 8 atom stereocenters. The number of carbonyl (C=O) groups excluding carboxylic acids is 4. The smallest absolute Gasteiger partial charge is 0.313 e. The number of nitrogens with one attached hydrogen (secondary N) is 1. The van der Waals surface area contributed by atoms with Gasteiger partial charge in [0.05, 0.1) is 37.3 Å². The molecular weight excluding hydrogens is 626 g/mol. The Morgan fingerprint density at radius 3 is 2.51 bits per heavy atom. The van der Waals surface area contributed by atoms with E-state index in [1.807, 2.05) is 6.07 Å². The molecule has 248 valence electrons. The lowest BCUT2D eigenvalue weighted by Gasteiger charge is -2.37. The van der Waals surface area contributed by atoms with Gasteiger partial charge in [-0.15, -0.1) is 0 Å². The van der Waals surface area contributed by atoms with Crippen molar-refractivity contribution in [1.29, 1.82) is 0 Å². The van der Waals surface area contributed by atoms with Crippen LogP contribution in [0, 0.1) is 11.8 Å². The van der Waals surface area contributed by atoms with Crippen molar-refractivity contribution < 1.29 is 38.5 Å². The summed E-state index contributed by atoms with van der Waals surface area (Å²) in [6.45, 7) is 1.49. The number of cyclic esters (lactones) is 1. The molecule has 47 heavy (non-hydrogen) atoms. The van der Waals surface area contributed by atoms with Crippen LogP contribution < -0.4 is 10.2 Å². The number of nitrogens with zero attached hydrogens (tertiary/aromatic N) is 2. The van der Waals surface area contributed by atoms with Crippen molar-refractivity contribution >= 4 is 41.0 Å². The molecule has 4 aliphatic rings. The Morgan fingerprint density at radius 2 is 1.81 bits per heavy atom. The molecule has 3 amide bonds. The molecule has 0 bridgehead atoms. The normalized spacial score (nSPS) is 32.3. The lowest BCUT2D eigenvalue weighted by atomic mass is 9.77. The number of anilines is 1. The van der Waals surface area contributed by atoms with Gasteiger partial charge in [-0.1, -0.05) is 66.2 Å². The number of hydrogen-bond donors (Lipinski definition) is 2. The van der Waals surface area contributed by atoms with Crippen LogP contribution in [0.2, 0.25) is 5.02 Å². The van der Waals surface area contributed by atoms with Gasteiger partial charge in [0.2, 0.25) is 11.8 Å². The minimum Gasteiger partial charge on any atom is -0.455 e. The fourth-order valence-corrected chi connectivity index (χ4v) is 7.37. The number of rotatable bonds is 6. The number of carbonyl (C=O) groups is 4. The minimum absolute atomic E-state index is 0.0625. The van der Waals surface area contributed by atoms with Gasteiger partial charge in [-0.05, 0) is 43.2 Å². The van der Waals surface area contributed by atoms with Crippen molar-refractivity contribution in [3.05, 3.63) is 89.5 Å². The van der Waals surface area contributed by atoms with Crippen LogP contribution in [0.3, 0.4) is 0 Å². The van der Waals surface area contributed by atoms with E-state index in [4.69, 9.17) is 25.8 Å². The maximum Gasteiger partial charge on any atom is 0.313 e. The first-order valence-corrected chi connectivity index (χ1v) is 16.1. The third-order valence-corrected chi connectivity index (χ3v) is 9.63. The van der Waals surface area contributed by atoms with E-state index < -0.39 is 72.2 Å². The number of hydrogen-bond acceptors (Lipinski definition) is 8. The Balaban J connectivity index is 1.45. The highest BCUT2D eigenvalue weighted by Gasteiger charge is 2.72. The van der Waals surface area contributed by atoms with E-state index in [0.717, 1.165) is 0 Å². The third-order valence-electron chi connectivity index (χ3n) is 9.37. The molecule has 2 aromatic rings. The highest BCUT2D eigenvalue weighted by molar-refractivity contribution is 6.30. The molecule has 11 nitrogen and oxygen atoms in total. The first-order valence-electron chi connectivity index (χ1n) is 15.8. The van der Waals surface area contributed by atoms with E-state index in [1.165, 1.54) is 12.0 Å². The zero-order valence-electron chi connectivity index (χ0n) is 26.2. The Bertz CT molecular complexity index is 1570. The van der Waals surface area contributed by atoms with Gasteiger partial charge in [0.1, 0.15) is 23.7 Å². The first-order chi connectivity index (χ1) is 22.7. The van der Waals surface area contributed by atoms with Crippen LogP contribution in [0.25, 0.3) is 0 Å². The van der Waals surface area contributed by atoms with Gasteiger partial charge in [-0.25, -0.2) is 0 Å². The van der Waals surface area contributed by atoms with Gasteiger partial charge >= 0.3 is 5.97 Å². The number of benzene rings is 2. The van der Waals surface area contributed by atoms with Gasteiger partial charge in [0, 0.05) is 30.8 Å². The number of likely N-dealkylation sites (tertiary alicyclic amines) is 1. The second-order valence-corrected chi connectivity index (χ2v) is 12.7. The van der Waals surface area contributed by atoms with E-state index in [9.17, 15) is 24.3 Å². The number of fused-ring (bicyclic) bond motifs is 2. The number of allylic oxidation sites excluding steroid dienone is 1. The molecule has 1 spiro atoms. The van der Waals surface area contributed by atoms with Gasteiger partial charge in [0.25, 0.3) is 5.91 Å². The van der Waals surface area contributed by atoms with Crippen molar-refractivity contribution in [1.82, 2.24) is 10.2 Å². The fourth-order valence-electron chi connectivity index (χ4n) is 7.24. The molecule has 12 heteroatoms. The second-order valence-electron chi connectivity index (χ2n) is 12.3. The SMILES string of the molecule is COC[C@H]1NC(=O)CC/C=C\[C@H]2O[C@]34C=CCN(c5ccc(Cl)cc5)C(=O)[C@H]3N([C@H](C)CO)C(=O)[C@@H]4[C@H]2C(=O)O[C@@H]1c1ccccc1. The third kappa shape index (κ3) is 5.97. The molecule has 4 aliphatic heterocycles. The molecule has 2 saturated heterocycles. The quantitative estimate of drug-likeness (QED) is 0.356. The summed E-state index contributed by atoms with van der Waals surface area (Å²) in [5.74, 6) is -4.13. The van der Waals surface area contributed by atoms with Crippen LogP contribution in [0.15, 0.2) is 78.9 Å². The predicted molar refractivity (Wildman–Crippen MR) is 172 cm³/mol. The van der Waals surface area contributed by atoms with E-state index in [1.54, 1.807) is 84.7 Å². The maximum absolute atomic E-state index is 14.5. The maximum atomic E-state index is 14.5. The standard InChI is InChI=1S/C35H38ClN3O8/c1-21(19-40)39-31-33(43)38(24-15-13-23(36)14-16-24)18-8-17-35(31)29(32(39)42)28-26(47-35)11-6-7-12-27(41)37-25(20-45-2)30(46-34(28)44)22-9-4-3-5-10-22/h3-6,8-11,13-17,21,25-26,28-31,40H,7,12,18-20H2,1-2H3,(H,37,41)/b11-6-/t21-,25-,26-,28+,29+,30-,31-,35+/m1/s1. The first kappa shape index (κ1) is 32.9. The van der Waals surface area contributed by atoms with Crippen molar-refractivity contribution in [2.75, 3.05) is 31.8 Å². The molecule has 6 rings (SSSR count). The van der Waals surface area contributed by atoms with E-state index in [0.29, 0.717) is 22.7 Å². The monoisotopic (exact) mass is 663 g/mol. The summed E-state index contributed by atoms with van der Waals surface area (Å²) in [5.41, 5.74) is -0.334. The minimum atomic E-state index is -1.54. The van der Waals surface area contributed by atoms with Gasteiger partial charge in [0.15, 0.2) is 0 Å². The number of aliphatic hydroxyl groups excluding tert-OH is 1. The Labute approximate surface area is 278 Å². The summed E-state index contributed by atoms with van der Waals surface area (Å²) < 4.78 is 18.4. The molecule has 0 unspecified atom stereocenters. The summed E-state index contributed by atoms with van der Waals surface area (Å²) >= 11 is 6.12. The molecule has 0 aliphatic carbocycles. The van der Waals surface area contributed by atoms with Crippen LogP contribution in [-0.4, -0.2) is 90.4 Å². The Morgan fingerprint density at radius 1 is 1.06 bits per heavy atom. The number of amides is 3. The van der Waals surface area contributed by atoms with Crippen molar-refractivity contribution in [3.8, 4) is 0 Å². The highest BCUT2D eigenvalue weighted by Crippen LogP contribution is 2.54. The molecule has 0 radical (unpaired) electrons. The predicted octanol–water partition coefficient (Wildman–Crippen LogP) is 2.97. The van der Waals surface area contributed by atoms with Crippen molar-refractivity contribution in [2.45, 2.75) is 55.7 Å². The average Bonchev–Trinajstić information content (AvgIpc) is 3.46. The van der Waals surface area contributed by atoms with E-state index >= 15 is 0 Å². The molecule has 0 aromatic heterocycles. The van der Waals surface area contributed by atoms with E-state index in [2.05, 4.69) is 5.32 Å². The molecule has 2 aromatic carbocycles. The molecule has 2 N–H and O–H groups in total. The van der Waals surface area contributed by atoms with E-state index in [-0.39, 0.29) is 25.5 Å². The summed E-state index contributed by atoms with van der Waals surface area (Å²) in [7, 11) is 1.50. The largest absolute Gasteiger partial charge is 0.455 e. The van der Waals surface area contributed by atoms with Gasteiger partial charge < -0.3 is 34.4 Å². The zero-order chi connectivity index (χ0) is 33.3. The summed E-state index contributed by atoms with van der Waals surface area (Å²) in [6, 6.07) is 13.2. The van der Waals surface area contributed by atoms with Gasteiger partial charge in [-0.2, -0.15) is 0 Å². The molecule has 4 heterocycles. The number of ether oxygens (including phenoxy) is 3. The fraction of sp³-hybridized carbons (Fsp3) is 0.429. The molecule has 0 saturated carbocycles. The van der Waals surface area contributed by atoms with Crippen LogP contribution in [0.4, 0.5) is 5.69 Å². The molecular formula is C35H38ClN3O8.